The number of carbonyl (C=O) groups excluding carboxylic acids is 2. The summed E-state index contributed by atoms with van der Waals surface area (Å²) in [6.07, 6.45) is 2.20. The number of hydrogen-bond donors (Lipinski definition) is 1. The number of aromatic nitrogens is 3. The fourth-order valence-corrected chi connectivity index (χ4v) is 2.76. The smallest absolute Gasteiger partial charge is 0.328 e. The van der Waals surface area contributed by atoms with E-state index in [9.17, 15) is 9.59 Å². The van der Waals surface area contributed by atoms with Gasteiger partial charge in [-0.25, -0.2) is 4.79 Å². The molecule has 2 rings (SSSR count). The maximum Gasteiger partial charge on any atom is 0.328 e. The van der Waals surface area contributed by atoms with E-state index in [1.807, 2.05) is 36.6 Å². The largest absolute Gasteiger partial charge is 0.461 e. The van der Waals surface area contributed by atoms with Gasteiger partial charge in [-0.2, -0.15) is 21.7 Å². The van der Waals surface area contributed by atoms with Gasteiger partial charge < -0.3 is 10.1 Å². The first kappa shape index (κ1) is 20.0. The summed E-state index contributed by atoms with van der Waals surface area (Å²) in [7, 11) is 0. The highest BCUT2D eigenvalue weighted by atomic mass is 32.2. The highest BCUT2D eigenvalue weighted by Crippen LogP contribution is 2.10. The van der Waals surface area contributed by atoms with Crippen molar-refractivity contribution in [1.82, 2.24) is 20.3 Å². The maximum absolute atomic E-state index is 12.6. The maximum atomic E-state index is 12.6. The van der Waals surface area contributed by atoms with E-state index in [1.54, 1.807) is 32.5 Å². The molecule has 0 bridgehead atoms. The van der Waals surface area contributed by atoms with Gasteiger partial charge in [-0.05, 0) is 51.3 Å². The predicted molar refractivity (Wildman–Crippen MR) is 102 cm³/mol. The van der Waals surface area contributed by atoms with E-state index in [0.29, 0.717) is 12.1 Å². The number of esters is 1. The lowest BCUT2D eigenvalue weighted by Crippen LogP contribution is -2.43. The van der Waals surface area contributed by atoms with Gasteiger partial charge >= 0.3 is 5.97 Å². The topological polar surface area (TPSA) is 86.1 Å². The molecule has 0 aliphatic carbocycles. The number of rotatable bonds is 8. The molecule has 0 aliphatic rings. The van der Waals surface area contributed by atoms with Gasteiger partial charge in [0.25, 0.3) is 5.91 Å². The number of para-hydroxylation sites is 1. The lowest BCUT2D eigenvalue weighted by Gasteiger charge is -2.18. The predicted octanol–water partition coefficient (Wildman–Crippen LogP) is 2.38. The average molecular weight is 376 g/mol. The summed E-state index contributed by atoms with van der Waals surface area (Å²) in [5, 5.41) is 11.3. The molecule has 140 valence electrons. The second-order valence-corrected chi connectivity index (χ2v) is 7.04. The molecule has 0 saturated heterocycles. The Morgan fingerprint density at radius 1 is 1.23 bits per heavy atom. The van der Waals surface area contributed by atoms with Crippen LogP contribution in [-0.4, -0.2) is 51.0 Å². The summed E-state index contributed by atoms with van der Waals surface area (Å²) in [5.41, 5.74) is 1.44. The molecule has 1 heterocycles. The fourth-order valence-electron chi connectivity index (χ4n) is 2.29. The van der Waals surface area contributed by atoms with Gasteiger partial charge in [0.05, 0.1) is 17.5 Å². The minimum absolute atomic E-state index is 0.195. The SMILES string of the molecule is CSCCC(NC(=O)c1nn(-c2ccccc2)nc1C)C(=O)OC(C)C. The van der Waals surface area contributed by atoms with Gasteiger partial charge in [0.2, 0.25) is 0 Å². The molecule has 1 aromatic carbocycles. The zero-order valence-corrected chi connectivity index (χ0v) is 16.2. The van der Waals surface area contributed by atoms with E-state index in [-0.39, 0.29) is 11.8 Å². The number of ether oxygens (including phenoxy) is 1. The molecule has 26 heavy (non-hydrogen) atoms. The lowest BCUT2D eigenvalue weighted by molar-refractivity contribution is -0.149. The van der Waals surface area contributed by atoms with Crippen LogP contribution in [0.25, 0.3) is 5.69 Å². The van der Waals surface area contributed by atoms with E-state index < -0.39 is 17.9 Å². The molecule has 0 saturated carbocycles. The molecule has 2 aromatic rings. The van der Waals surface area contributed by atoms with E-state index in [0.717, 1.165) is 11.4 Å². The van der Waals surface area contributed by atoms with Gasteiger partial charge in [-0.15, -0.1) is 5.10 Å². The third kappa shape index (κ3) is 5.32. The molecule has 1 unspecified atom stereocenters. The molecule has 0 radical (unpaired) electrons. The zero-order chi connectivity index (χ0) is 19.1. The normalized spacial score (nSPS) is 12.0. The monoisotopic (exact) mass is 376 g/mol. The molecule has 1 N–H and O–H groups in total. The van der Waals surface area contributed by atoms with Gasteiger partial charge in [0.15, 0.2) is 5.69 Å². The van der Waals surface area contributed by atoms with Crippen LogP contribution in [0.15, 0.2) is 30.3 Å². The number of aryl methyl sites for hydroxylation is 1. The van der Waals surface area contributed by atoms with Crippen molar-refractivity contribution in [3.8, 4) is 5.69 Å². The molecule has 1 aromatic heterocycles. The van der Waals surface area contributed by atoms with Crippen LogP contribution in [0.1, 0.15) is 36.5 Å². The second kappa shape index (κ2) is 9.38. The number of benzene rings is 1. The highest BCUT2D eigenvalue weighted by Gasteiger charge is 2.26. The second-order valence-electron chi connectivity index (χ2n) is 6.05. The molecule has 0 spiro atoms. The minimum atomic E-state index is -0.710. The van der Waals surface area contributed by atoms with Gasteiger partial charge in [0, 0.05) is 0 Å². The molecule has 1 atom stereocenters. The number of amides is 1. The van der Waals surface area contributed by atoms with Crippen LogP contribution in [0.5, 0.6) is 0 Å². The van der Waals surface area contributed by atoms with Crippen molar-refractivity contribution in [2.75, 3.05) is 12.0 Å². The first-order chi connectivity index (χ1) is 12.4. The number of nitrogens with zero attached hydrogens (tertiary/aromatic N) is 3. The Morgan fingerprint density at radius 3 is 2.54 bits per heavy atom. The third-order valence-corrected chi connectivity index (χ3v) is 4.18. The van der Waals surface area contributed by atoms with Crippen LogP contribution in [0.2, 0.25) is 0 Å². The van der Waals surface area contributed by atoms with Crippen LogP contribution in [0, 0.1) is 6.92 Å². The van der Waals surface area contributed by atoms with E-state index in [1.165, 1.54) is 4.80 Å². The average Bonchev–Trinajstić information content (AvgIpc) is 3.00. The molecule has 7 nitrogen and oxygen atoms in total. The summed E-state index contributed by atoms with van der Waals surface area (Å²) < 4.78 is 5.25. The number of hydrogen-bond acceptors (Lipinski definition) is 6. The van der Waals surface area contributed by atoms with Crippen molar-refractivity contribution in [3.63, 3.8) is 0 Å². The highest BCUT2D eigenvalue weighted by molar-refractivity contribution is 7.98. The van der Waals surface area contributed by atoms with Gasteiger partial charge in [0.1, 0.15) is 6.04 Å². The van der Waals surface area contributed by atoms with Crippen LogP contribution >= 0.6 is 11.8 Å². The van der Waals surface area contributed by atoms with Gasteiger partial charge in [-0.1, -0.05) is 18.2 Å². The van der Waals surface area contributed by atoms with E-state index >= 15 is 0 Å². The number of carbonyl (C=O) groups is 2. The van der Waals surface area contributed by atoms with Crippen LogP contribution < -0.4 is 5.32 Å². The lowest BCUT2D eigenvalue weighted by atomic mass is 10.2. The van der Waals surface area contributed by atoms with Crippen LogP contribution in [0.3, 0.4) is 0 Å². The quantitative estimate of drug-likeness (QED) is 0.712. The summed E-state index contributed by atoms with van der Waals surface area (Å²) in [6.45, 7) is 5.27. The first-order valence-electron chi connectivity index (χ1n) is 8.42. The molecule has 0 fully saturated rings. The van der Waals surface area contributed by atoms with Crippen molar-refractivity contribution < 1.29 is 14.3 Å². The minimum Gasteiger partial charge on any atom is -0.461 e. The van der Waals surface area contributed by atoms with Crippen molar-refractivity contribution in [2.45, 2.75) is 39.3 Å². The molecule has 8 heteroatoms. The Kier molecular flexibility index (Phi) is 7.20. The Labute approximate surface area is 157 Å². The van der Waals surface area contributed by atoms with Crippen LogP contribution in [0.4, 0.5) is 0 Å². The Morgan fingerprint density at radius 2 is 1.92 bits per heavy atom. The summed E-state index contributed by atoms with van der Waals surface area (Å²) in [4.78, 5) is 26.3. The van der Waals surface area contributed by atoms with E-state index in [4.69, 9.17) is 4.74 Å². The van der Waals surface area contributed by atoms with Crippen LogP contribution in [-0.2, 0) is 9.53 Å². The van der Waals surface area contributed by atoms with Crippen molar-refractivity contribution in [2.24, 2.45) is 0 Å². The van der Waals surface area contributed by atoms with Crippen molar-refractivity contribution in [3.05, 3.63) is 41.7 Å². The summed E-state index contributed by atoms with van der Waals surface area (Å²) >= 11 is 1.60. The number of nitrogens with one attached hydrogen (secondary N) is 1. The van der Waals surface area contributed by atoms with Crippen molar-refractivity contribution in [1.29, 1.82) is 0 Å². The molecule has 1 amide bonds. The fraction of sp³-hybridized carbons (Fsp3) is 0.444. The standard InChI is InChI=1S/C18H24N4O3S/c1-12(2)25-18(24)15(10-11-26-4)19-17(23)16-13(3)20-22(21-16)14-8-6-5-7-9-14/h5-9,12,15H,10-11H2,1-4H3,(H,19,23). The Balaban J connectivity index is 2.15. The van der Waals surface area contributed by atoms with Gasteiger partial charge in [-0.3, -0.25) is 4.79 Å². The molecular weight excluding hydrogens is 352 g/mol. The molecule has 0 aliphatic heterocycles. The summed E-state index contributed by atoms with van der Waals surface area (Å²) in [6, 6.07) is 8.62. The first-order valence-corrected chi connectivity index (χ1v) is 9.81. The zero-order valence-electron chi connectivity index (χ0n) is 15.4. The summed E-state index contributed by atoms with van der Waals surface area (Å²) in [5.74, 6) is -0.139. The van der Waals surface area contributed by atoms with Crippen molar-refractivity contribution >= 4 is 23.6 Å². The number of thioether (sulfide) groups is 1. The van der Waals surface area contributed by atoms with E-state index in [2.05, 4.69) is 15.5 Å². The Bertz CT molecular complexity index is 746. The third-order valence-electron chi connectivity index (χ3n) is 3.54. The molecular formula is C18H24N4O3S. The Hall–Kier alpha value is -2.35.